The van der Waals surface area contributed by atoms with Crippen molar-refractivity contribution in [3.8, 4) is 45.4 Å². The average Bonchev–Trinajstić information content (AvgIpc) is 3.67. The van der Waals surface area contributed by atoms with Gasteiger partial charge in [0.2, 0.25) is 17.7 Å². The quantitative estimate of drug-likeness (QED) is 0.254. The van der Waals surface area contributed by atoms with E-state index in [2.05, 4.69) is 21.2 Å². The Morgan fingerprint density at radius 1 is 0.938 bits per heavy atom. The van der Waals surface area contributed by atoms with E-state index < -0.39 is 0 Å². The van der Waals surface area contributed by atoms with Gasteiger partial charge < -0.3 is 19.9 Å². The molecule has 0 radical (unpaired) electrons. The number of benzene rings is 2. The van der Waals surface area contributed by atoms with E-state index in [-0.39, 0.29) is 23.6 Å². The summed E-state index contributed by atoms with van der Waals surface area (Å²) in [5.74, 6) is 1.17. The molecule has 2 aromatic carbocycles. The first-order valence-electron chi connectivity index (χ1n) is 16.3. The molecule has 0 bridgehead atoms. The van der Waals surface area contributed by atoms with Crippen LogP contribution in [-0.2, 0) is 17.8 Å². The molecule has 5 heterocycles. The van der Waals surface area contributed by atoms with Crippen LogP contribution in [0.2, 0.25) is 10.0 Å². The predicted molar refractivity (Wildman–Crippen MR) is 183 cm³/mol. The second-order valence-electron chi connectivity index (χ2n) is 13.3. The fourth-order valence-corrected chi connectivity index (χ4v) is 8.45. The Bertz CT molecular complexity index is 1930. The molecule has 1 spiro atoms. The van der Waals surface area contributed by atoms with Crippen molar-refractivity contribution in [2.75, 3.05) is 40.4 Å². The second-order valence-corrected chi connectivity index (χ2v) is 14.0. The van der Waals surface area contributed by atoms with Crippen LogP contribution in [-0.4, -0.2) is 87.8 Å². The van der Waals surface area contributed by atoms with E-state index in [4.69, 9.17) is 47.6 Å². The molecule has 1 unspecified atom stereocenters. The molecule has 1 atom stereocenters. The molecule has 3 aliphatic heterocycles. The van der Waals surface area contributed by atoms with Crippen molar-refractivity contribution >= 4 is 29.1 Å². The first-order valence-corrected chi connectivity index (χ1v) is 17.0. The van der Waals surface area contributed by atoms with Crippen molar-refractivity contribution in [3.05, 3.63) is 75.5 Å². The molecule has 10 nitrogen and oxygen atoms in total. The summed E-state index contributed by atoms with van der Waals surface area (Å²) >= 11 is 14.3. The van der Waals surface area contributed by atoms with E-state index in [0.29, 0.717) is 59.1 Å². The number of ether oxygens (including phenoxy) is 2. The molecule has 0 saturated carbocycles. The molecule has 248 valence electrons. The summed E-state index contributed by atoms with van der Waals surface area (Å²) in [5.41, 5.74) is 7.30. The number of hydrogen-bond acceptors (Lipinski definition) is 9. The third kappa shape index (κ3) is 5.40. The van der Waals surface area contributed by atoms with Crippen molar-refractivity contribution in [2.45, 2.75) is 49.9 Å². The van der Waals surface area contributed by atoms with Gasteiger partial charge in [0.15, 0.2) is 0 Å². The highest BCUT2D eigenvalue weighted by molar-refractivity contribution is 6.39. The number of halogens is 2. The maximum Gasteiger partial charge on any atom is 0.237 e. The smallest absolute Gasteiger partial charge is 0.237 e. The summed E-state index contributed by atoms with van der Waals surface area (Å²) < 4.78 is 11.5. The molecule has 4 aromatic rings. The van der Waals surface area contributed by atoms with Gasteiger partial charge in [0.05, 0.1) is 53.5 Å². The van der Waals surface area contributed by atoms with Crippen molar-refractivity contribution in [2.24, 2.45) is 0 Å². The van der Waals surface area contributed by atoms with E-state index in [0.717, 1.165) is 66.0 Å². The molecule has 2 N–H and O–H groups in total. The van der Waals surface area contributed by atoms with Crippen LogP contribution >= 0.6 is 23.2 Å². The Hall–Kier alpha value is -3.80. The van der Waals surface area contributed by atoms with Crippen LogP contribution in [0.5, 0.6) is 11.8 Å². The summed E-state index contributed by atoms with van der Waals surface area (Å²) in [6.07, 6.45) is 4.79. The first-order chi connectivity index (χ1) is 23.3. The van der Waals surface area contributed by atoms with Crippen LogP contribution in [0.15, 0.2) is 48.7 Å². The summed E-state index contributed by atoms with van der Waals surface area (Å²) in [7, 11) is 3.24. The fraction of sp³-hybridized carbons (Fsp3) is 0.389. The number of aliphatic hydroxyl groups is 1. The minimum atomic E-state index is -0.264. The monoisotopic (exact) mass is 686 g/mol. The van der Waals surface area contributed by atoms with Gasteiger partial charge in [-0.05, 0) is 30.9 Å². The zero-order valence-corrected chi connectivity index (χ0v) is 28.3. The van der Waals surface area contributed by atoms with Gasteiger partial charge in [-0.3, -0.25) is 19.6 Å². The SMILES string of the molecule is COc1nc(-c2cccc(-c3cccc(-c4cc5c(c(OC)n4)C(N4CC(O)C4)CC5)c3Cl)c2Cl)cnc1CN1CC2(CCC(=O)N2)C1. The van der Waals surface area contributed by atoms with E-state index in [1.807, 2.05) is 36.4 Å². The topological polar surface area (TPSA) is 113 Å². The van der Waals surface area contributed by atoms with Crippen LogP contribution in [0.1, 0.15) is 42.1 Å². The minimum absolute atomic E-state index is 0.102. The molecular weight excluding hydrogens is 651 g/mol. The van der Waals surface area contributed by atoms with E-state index in [1.54, 1.807) is 20.4 Å². The lowest BCUT2D eigenvalue weighted by Crippen LogP contribution is -2.66. The lowest BCUT2D eigenvalue weighted by atomic mass is 9.88. The van der Waals surface area contributed by atoms with E-state index in [1.165, 1.54) is 5.56 Å². The number of nitrogens with one attached hydrogen (secondary N) is 1. The second kappa shape index (κ2) is 12.3. The van der Waals surface area contributed by atoms with Crippen LogP contribution < -0.4 is 14.8 Å². The Balaban J connectivity index is 1.07. The van der Waals surface area contributed by atoms with Crippen molar-refractivity contribution in [1.82, 2.24) is 30.1 Å². The third-order valence-electron chi connectivity index (χ3n) is 10.2. The van der Waals surface area contributed by atoms with Crippen LogP contribution in [0, 0.1) is 0 Å². The van der Waals surface area contributed by atoms with Gasteiger partial charge in [-0.1, -0.05) is 59.6 Å². The Labute approximate surface area is 289 Å². The molecule has 2 aromatic heterocycles. The first kappa shape index (κ1) is 31.5. The Morgan fingerprint density at radius 3 is 2.21 bits per heavy atom. The number of hydrogen-bond donors (Lipinski definition) is 2. The molecule has 8 rings (SSSR count). The molecule has 48 heavy (non-hydrogen) atoms. The van der Waals surface area contributed by atoms with E-state index >= 15 is 0 Å². The maximum atomic E-state index is 11.7. The number of fused-ring (bicyclic) bond motifs is 1. The number of methoxy groups -OCH3 is 2. The number of rotatable bonds is 8. The molecule has 12 heteroatoms. The summed E-state index contributed by atoms with van der Waals surface area (Å²) in [4.78, 5) is 30.7. The maximum absolute atomic E-state index is 11.7. The highest BCUT2D eigenvalue weighted by Crippen LogP contribution is 2.46. The summed E-state index contributed by atoms with van der Waals surface area (Å²) in [6.45, 7) is 3.50. The van der Waals surface area contributed by atoms with E-state index in [9.17, 15) is 9.90 Å². The number of aliphatic hydroxyl groups excluding tert-OH is 1. The number of aryl methyl sites for hydroxylation is 1. The number of pyridine rings is 1. The van der Waals surface area contributed by atoms with Crippen molar-refractivity contribution < 1.29 is 19.4 Å². The number of nitrogens with zero attached hydrogens (tertiary/aromatic N) is 5. The van der Waals surface area contributed by atoms with Gasteiger partial charge in [0, 0.05) is 73.0 Å². The highest BCUT2D eigenvalue weighted by Gasteiger charge is 2.47. The van der Waals surface area contributed by atoms with Gasteiger partial charge in [0.25, 0.3) is 0 Å². The molecule has 1 aliphatic carbocycles. The van der Waals surface area contributed by atoms with Gasteiger partial charge >= 0.3 is 0 Å². The number of likely N-dealkylation sites (tertiary alicyclic amines) is 2. The molecule has 3 fully saturated rings. The average molecular weight is 688 g/mol. The van der Waals surface area contributed by atoms with Crippen molar-refractivity contribution in [3.63, 3.8) is 0 Å². The molecule has 3 saturated heterocycles. The van der Waals surface area contributed by atoms with Crippen LogP contribution in [0.3, 0.4) is 0 Å². The zero-order valence-electron chi connectivity index (χ0n) is 26.8. The predicted octanol–water partition coefficient (Wildman–Crippen LogP) is 5.32. The van der Waals surface area contributed by atoms with Crippen LogP contribution in [0.25, 0.3) is 33.6 Å². The van der Waals surface area contributed by atoms with Gasteiger partial charge in [-0.15, -0.1) is 0 Å². The summed E-state index contributed by atoms with van der Waals surface area (Å²) in [6, 6.07) is 14.0. The van der Waals surface area contributed by atoms with Gasteiger partial charge in [0.1, 0.15) is 5.69 Å². The minimum Gasteiger partial charge on any atom is -0.481 e. The van der Waals surface area contributed by atoms with Crippen molar-refractivity contribution in [1.29, 1.82) is 0 Å². The largest absolute Gasteiger partial charge is 0.481 e. The number of β-amino-alcohol motifs (C(OH)–C–C–N with tert-alkyl or cyclic N) is 1. The van der Waals surface area contributed by atoms with Crippen LogP contribution in [0.4, 0.5) is 0 Å². The number of carbonyl (C=O) groups is 1. The fourth-order valence-electron chi connectivity index (χ4n) is 7.80. The third-order valence-corrected chi connectivity index (χ3v) is 11.0. The number of amides is 1. The standard InChI is InChI=1S/C36H36Cl2N6O4/c1-47-34-28(17-43-18-36(19-43)12-11-30(46)42-36)39-14-27(41-34)25-8-4-6-23(33(25)38)22-5-3-7-24(32(22)37)26-13-20-9-10-29(44-15-21(45)16-44)31(20)35(40-26)48-2/h3-8,13-14,21,29,45H,9-12,15-19H2,1-2H3,(H,42,46). The lowest BCUT2D eigenvalue weighted by molar-refractivity contribution is -0.120. The van der Waals surface area contributed by atoms with Gasteiger partial charge in [-0.2, -0.15) is 0 Å². The number of carbonyl (C=O) groups excluding carboxylic acids is 1. The summed E-state index contributed by atoms with van der Waals surface area (Å²) in [5, 5.41) is 14.0. The lowest BCUT2D eigenvalue weighted by Gasteiger charge is -2.47. The molecule has 4 aliphatic rings. The Kier molecular flexibility index (Phi) is 8.04. The van der Waals surface area contributed by atoms with Gasteiger partial charge in [-0.25, -0.2) is 9.97 Å². The molecule has 1 amide bonds. The zero-order chi connectivity index (χ0) is 33.2. The highest BCUT2D eigenvalue weighted by atomic mass is 35.5. The normalized spacial score (nSPS) is 20.4. The Morgan fingerprint density at radius 2 is 1.58 bits per heavy atom. The number of aromatic nitrogens is 3. The molecular formula is C36H36Cl2N6O4.